The number of carbonyl (C=O) groups excluding carboxylic acids is 3. The fraction of sp³-hybridized carbons (Fsp3) is 0.263. The van der Waals surface area contributed by atoms with Crippen molar-refractivity contribution in [2.45, 2.75) is 13.3 Å². The second-order valence-electron chi connectivity index (χ2n) is 5.22. The van der Waals surface area contributed by atoms with Gasteiger partial charge in [-0.2, -0.15) is 0 Å². The largest absolute Gasteiger partial charge is 0.469 e. The predicted molar refractivity (Wildman–Crippen MR) is 92.7 cm³/mol. The second-order valence-corrected chi connectivity index (χ2v) is 5.22. The lowest BCUT2D eigenvalue weighted by molar-refractivity contribution is -0.139. The molecule has 2 rings (SSSR count). The van der Waals surface area contributed by atoms with Gasteiger partial charge in [0, 0.05) is 5.56 Å². The van der Waals surface area contributed by atoms with Crippen LogP contribution in [-0.4, -0.2) is 43.7 Å². The monoisotopic (exact) mass is 357 g/mol. The molecule has 0 fully saturated rings. The molecule has 0 bridgehead atoms. The zero-order chi connectivity index (χ0) is 19.1. The number of benzene rings is 1. The Morgan fingerprint density at radius 2 is 1.65 bits per heavy atom. The summed E-state index contributed by atoms with van der Waals surface area (Å²) in [6.45, 7) is 1.83. The van der Waals surface area contributed by atoms with Crippen molar-refractivity contribution < 1.29 is 28.6 Å². The third kappa shape index (κ3) is 4.24. The average Bonchev–Trinajstić information content (AvgIpc) is 2.67. The molecule has 0 aliphatic rings. The van der Waals surface area contributed by atoms with Gasteiger partial charge in [0.25, 0.3) is 0 Å². The Morgan fingerprint density at radius 3 is 2.23 bits per heavy atom. The molecule has 0 saturated heterocycles. The first-order valence-electron chi connectivity index (χ1n) is 7.93. The van der Waals surface area contributed by atoms with Crippen molar-refractivity contribution >= 4 is 17.9 Å². The molecule has 1 heterocycles. The van der Waals surface area contributed by atoms with Crippen molar-refractivity contribution in [2.24, 2.45) is 0 Å². The molecule has 7 heteroatoms. The minimum absolute atomic E-state index is 0.0212. The number of rotatable bonds is 6. The fourth-order valence-corrected chi connectivity index (χ4v) is 2.38. The van der Waals surface area contributed by atoms with Gasteiger partial charge < -0.3 is 14.2 Å². The number of esters is 3. The number of pyridine rings is 1. The Morgan fingerprint density at radius 1 is 0.962 bits per heavy atom. The Balaban J connectivity index is 2.70. The summed E-state index contributed by atoms with van der Waals surface area (Å²) in [4.78, 5) is 40.3. The minimum Gasteiger partial charge on any atom is -0.469 e. The van der Waals surface area contributed by atoms with Gasteiger partial charge >= 0.3 is 17.9 Å². The molecule has 0 atom stereocenters. The zero-order valence-corrected chi connectivity index (χ0v) is 14.8. The molecule has 2 aromatic rings. The smallest absolute Gasteiger partial charge is 0.357 e. The number of hydrogen-bond acceptors (Lipinski definition) is 7. The van der Waals surface area contributed by atoms with Crippen LogP contribution in [0.4, 0.5) is 0 Å². The highest BCUT2D eigenvalue weighted by molar-refractivity contribution is 5.99. The molecule has 0 amide bonds. The molecule has 7 nitrogen and oxygen atoms in total. The highest BCUT2D eigenvalue weighted by atomic mass is 16.5. The Bertz CT molecular complexity index is 816. The number of aromatic nitrogens is 1. The van der Waals surface area contributed by atoms with Crippen molar-refractivity contribution in [1.29, 1.82) is 0 Å². The maximum Gasteiger partial charge on any atom is 0.357 e. The van der Waals surface area contributed by atoms with E-state index in [1.807, 2.05) is 6.07 Å². The zero-order valence-electron chi connectivity index (χ0n) is 14.8. The summed E-state index contributed by atoms with van der Waals surface area (Å²) in [5.41, 5.74) is 1.31. The van der Waals surface area contributed by atoms with Gasteiger partial charge in [-0.3, -0.25) is 4.79 Å². The summed E-state index contributed by atoms with van der Waals surface area (Å²) >= 11 is 0. The van der Waals surface area contributed by atoms with Gasteiger partial charge in [-0.15, -0.1) is 0 Å². The molecule has 26 heavy (non-hydrogen) atoms. The number of carbonyl (C=O) groups is 3. The molecular weight excluding hydrogens is 338 g/mol. The lowest BCUT2D eigenvalue weighted by Crippen LogP contribution is -2.18. The first-order chi connectivity index (χ1) is 12.5. The van der Waals surface area contributed by atoms with Crippen LogP contribution in [0.15, 0.2) is 36.4 Å². The first kappa shape index (κ1) is 19.1. The van der Waals surface area contributed by atoms with E-state index in [9.17, 15) is 14.4 Å². The Labute approximate surface area is 150 Å². The standard InChI is InChI=1S/C19H19NO6/c1-4-26-19(23)17-14(12-8-6-5-7-9-12)10-13(11-15(21)24-2)16(20-17)18(22)25-3/h5-10H,4,11H2,1-3H3. The number of ether oxygens (including phenoxy) is 3. The van der Waals surface area contributed by atoms with Crippen LogP contribution < -0.4 is 0 Å². The average molecular weight is 357 g/mol. The first-order valence-corrected chi connectivity index (χ1v) is 7.93. The maximum atomic E-state index is 12.4. The van der Waals surface area contributed by atoms with Gasteiger partial charge in [0.05, 0.1) is 27.2 Å². The van der Waals surface area contributed by atoms with Crippen molar-refractivity contribution in [3.05, 3.63) is 53.3 Å². The number of nitrogens with zero attached hydrogens (tertiary/aromatic N) is 1. The summed E-state index contributed by atoms with van der Waals surface area (Å²) in [5.74, 6) is -1.96. The summed E-state index contributed by atoms with van der Waals surface area (Å²) < 4.78 is 14.5. The molecule has 0 spiro atoms. The lowest BCUT2D eigenvalue weighted by atomic mass is 9.98. The number of methoxy groups -OCH3 is 2. The van der Waals surface area contributed by atoms with Crippen LogP contribution in [0.1, 0.15) is 33.5 Å². The van der Waals surface area contributed by atoms with E-state index < -0.39 is 17.9 Å². The van der Waals surface area contributed by atoms with Crippen LogP contribution in [0.2, 0.25) is 0 Å². The lowest BCUT2D eigenvalue weighted by Gasteiger charge is -2.13. The molecule has 0 aliphatic heterocycles. The molecule has 0 unspecified atom stereocenters. The van der Waals surface area contributed by atoms with Gasteiger partial charge in [-0.25, -0.2) is 14.6 Å². The molecule has 0 aliphatic carbocycles. The second kappa shape index (κ2) is 8.75. The van der Waals surface area contributed by atoms with Gasteiger partial charge in [0.2, 0.25) is 0 Å². The molecule has 1 aromatic carbocycles. The summed E-state index contributed by atoms with van der Waals surface area (Å²) in [6, 6.07) is 10.6. The number of hydrogen-bond donors (Lipinski definition) is 0. The molecular formula is C19H19NO6. The topological polar surface area (TPSA) is 91.8 Å². The fourth-order valence-electron chi connectivity index (χ4n) is 2.38. The summed E-state index contributed by atoms with van der Waals surface area (Å²) in [5, 5.41) is 0. The van der Waals surface area contributed by atoms with Crippen LogP contribution in [0.25, 0.3) is 11.1 Å². The van der Waals surface area contributed by atoms with Crippen LogP contribution in [0.5, 0.6) is 0 Å². The predicted octanol–water partition coefficient (Wildman–Crippen LogP) is 2.43. The van der Waals surface area contributed by atoms with E-state index >= 15 is 0 Å². The highest BCUT2D eigenvalue weighted by Gasteiger charge is 2.24. The van der Waals surface area contributed by atoms with Crippen LogP contribution >= 0.6 is 0 Å². The van der Waals surface area contributed by atoms with E-state index in [0.29, 0.717) is 16.7 Å². The van der Waals surface area contributed by atoms with Crippen LogP contribution in [0, 0.1) is 0 Å². The Kier molecular flexibility index (Phi) is 6.43. The van der Waals surface area contributed by atoms with Crippen molar-refractivity contribution in [1.82, 2.24) is 4.98 Å². The molecule has 0 N–H and O–H groups in total. The summed E-state index contributed by atoms with van der Waals surface area (Å²) in [6.07, 6.45) is -0.184. The normalized spacial score (nSPS) is 10.1. The van der Waals surface area contributed by atoms with E-state index in [-0.39, 0.29) is 24.4 Å². The minimum atomic E-state index is -0.755. The molecule has 0 radical (unpaired) electrons. The van der Waals surface area contributed by atoms with Gasteiger partial charge in [0.15, 0.2) is 11.4 Å². The molecule has 136 valence electrons. The third-order valence-corrected chi connectivity index (χ3v) is 3.60. The van der Waals surface area contributed by atoms with Crippen molar-refractivity contribution in [3.8, 4) is 11.1 Å². The van der Waals surface area contributed by atoms with Gasteiger partial charge in [-0.05, 0) is 24.1 Å². The van der Waals surface area contributed by atoms with E-state index in [0.717, 1.165) is 0 Å². The third-order valence-electron chi connectivity index (χ3n) is 3.60. The van der Waals surface area contributed by atoms with Crippen molar-refractivity contribution in [2.75, 3.05) is 20.8 Å². The summed E-state index contributed by atoms with van der Waals surface area (Å²) in [7, 11) is 2.44. The van der Waals surface area contributed by atoms with Crippen LogP contribution in [-0.2, 0) is 25.4 Å². The van der Waals surface area contributed by atoms with Gasteiger partial charge in [0.1, 0.15) is 0 Å². The van der Waals surface area contributed by atoms with Gasteiger partial charge in [-0.1, -0.05) is 30.3 Å². The van der Waals surface area contributed by atoms with E-state index in [1.54, 1.807) is 37.3 Å². The SMILES string of the molecule is CCOC(=O)c1nc(C(=O)OC)c(CC(=O)OC)cc1-c1ccccc1. The van der Waals surface area contributed by atoms with Crippen molar-refractivity contribution in [3.63, 3.8) is 0 Å². The van der Waals surface area contributed by atoms with E-state index in [2.05, 4.69) is 9.72 Å². The molecule has 1 aromatic heterocycles. The molecule has 0 saturated carbocycles. The maximum absolute atomic E-state index is 12.4. The van der Waals surface area contributed by atoms with E-state index in [1.165, 1.54) is 14.2 Å². The highest BCUT2D eigenvalue weighted by Crippen LogP contribution is 2.27. The van der Waals surface area contributed by atoms with E-state index in [4.69, 9.17) is 9.47 Å². The Hall–Kier alpha value is -3.22. The quantitative estimate of drug-likeness (QED) is 0.579. The van der Waals surface area contributed by atoms with Crippen LogP contribution in [0.3, 0.4) is 0 Å².